The number of quaternary nitrogens is 1. The number of likely N-dealkylation sites (N-methyl/N-ethyl adjacent to an activating group) is 1. The van der Waals surface area contributed by atoms with E-state index < -0.39 is 26.5 Å². The monoisotopic (exact) mass is 1020 g/mol. The smallest absolute Gasteiger partial charge is 0.462 e. The van der Waals surface area contributed by atoms with Gasteiger partial charge in [-0.3, -0.25) is 18.6 Å². The molecule has 10 heteroatoms. The first-order chi connectivity index (χ1) is 34.5. The summed E-state index contributed by atoms with van der Waals surface area (Å²) < 4.78 is 34.5. The molecule has 0 spiro atoms. The minimum Gasteiger partial charge on any atom is -0.462 e. The summed E-state index contributed by atoms with van der Waals surface area (Å²) in [6.07, 6.45) is 64.1. The first-order valence-corrected chi connectivity index (χ1v) is 32.1. The summed E-state index contributed by atoms with van der Waals surface area (Å²) in [7, 11) is 1.48. The molecule has 0 rings (SSSR count). The van der Waals surface area contributed by atoms with E-state index in [1.165, 1.54) is 212 Å². The zero-order valence-electron chi connectivity index (χ0n) is 47.7. The average Bonchev–Trinajstić information content (AvgIpc) is 3.33. The maximum atomic E-state index is 12.8. The Morgan fingerprint density at radius 1 is 0.437 bits per heavy atom. The summed E-state index contributed by atoms with van der Waals surface area (Å²) in [4.78, 5) is 35.7. The molecule has 9 nitrogen and oxygen atoms in total. The van der Waals surface area contributed by atoms with Crippen LogP contribution in [0.5, 0.6) is 0 Å². The Morgan fingerprint density at radius 3 is 1.13 bits per heavy atom. The van der Waals surface area contributed by atoms with Crippen LogP contribution in [0.3, 0.4) is 0 Å². The molecular formula is C61H119NO8P+. The number of ether oxygens (including phenoxy) is 2. The number of hydrogen-bond acceptors (Lipinski definition) is 7. The summed E-state index contributed by atoms with van der Waals surface area (Å²) in [6.45, 7) is 4.45. The number of carbonyl (C=O) groups is 2. The molecule has 0 bridgehead atoms. The lowest BCUT2D eigenvalue weighted by molar-refractivity contribution is -0.870. The van der Waals surface area contributed by atoms with Crippen LogP contribution in [-0.2, 0) is 32.7 Å². The Morgan fingerprint density at radius 2 is 0.761 bits per heavy atom. The van der Waals surface area contributed by atoms with Gasteiger partial charge in [-0.1, -0.05) is 269 Å². The second-order valence-electron chi connectivity index (χ2n) is 22.1. The predicted octanol–water partition coefficient (Wildman–Crippen LogP) is 19.0. The first kappa shape index (κ1) is 69.5. The second kappa shape index (κ2) is 53.3. The fourth-order valence-electron chi connectivity index (χ4n) is 8.99. The third-order valence-corrected chi connectivity index (χ3v) is 14.7. The number of carbonyl (C=O) groups excluding carboxylic acids is 2. The number of phosphoric acid groups is 1. The van der Waals surface area contributed by atoms with Crippen LogP contribution in [0.25, 0.3) is 0 Å². The summed E-state index contributed by atoms with van der Waals surface area (Å²) in [5.74, 6) is -0.798. The molecule has 1 N–H and O–H groups in total. The van der Waals surface area contributed by atoms with Crippen molar-refractivity contribution >= 4 is 19.8 Å². The highest BCUT2D eigenvalue weighted by molar-refractivity contribution is 7.47. The molecule has 0 saturated heterocycles. The van der Waals surface area contributed by atoms with Crippen LogP contribution in [-0.4, -0.2) is 74.9 Å². The number of phosphoric ester groups is 1. The molecule has 0 aliphatic heterocycles. The lowest BCUT2D eigenvalue weighted by atomic mass is 10.0. The van der Waals surface area contributed by atoms with E-state index >= 15 is 0 Å². The standard InChI is InChI=1S/C61H118NO8P/c1-6-8-10-12-14-16-18-20-22-24-25-26-27-28-29-30-31-32-33-34-35-36-37-38-40-41-43-45-47-49-51-53-60(63)67-57-59(58-69-71(65,66)68-56-55-62(3,4)5)70-61(64)54-52-50-48-46-44-42-39-23-21-19-17-15-13-11-9-7-2/h17,19,23,39,59H,6-16,18,20-22,24-38,40-58H2,1-5H3/p+1/b19-17-,39-23-. The maximum Gasteiger partial charge on any atom is 0.472 e. The Balaban J connectivity index is 4.00. The van der Waals surface area contributed by atoms with E-state index in [1.807, 2.05) is 21.1 Å². The van der Waals surface area contributed by atoms with Crippen LogP contribution in [0.2, 0.25) is 0 Å². The lowest BCUT2D eigenvalue weighted by Crippen LogP contribution is -2.37. The molecule has 0 saturated carbocycles. The minimum atomic E-state index is -4.38. The van der Waals surface area contributed by atoms with Crippen LogP contribution < -0.4 is 0 Å². The molecule has 0 amide bonds. The molecule has 0 radical (unpaired) electrons. The SMILES string of the molecule is CCCCCC/C=C\C/C=C\CCCCCCCC(=O)OC(COC(=O)CCCCCCCCCCCCCCCCCCCCCCCCCCCCCCCCC)COP(=O)(O)OCC[N+](C)(C)C. The van der Waals surface area contributed by atoms with Crippen LogP contribution in [0.15, 0.2) is 24.3 Å². The molecule has 0 aromatic heterocycles. The quantitative estimate of drug-likeness (QED) is 0.0211. The van der Waals surface area contributed by atoms with Crippen molar-refractivity contribution in [3.8, 4) is 0 Å². The second-order valence-corrected chi connectivity index (χ2v) is 23.6. The Hall–Kier alpha value is -1.51. The predicted molar refractivity (Wildman–Crippen MR) is 303 cm³/mol. The molecule has 0 fully saturated rings. The van der Waals surface area contributed by atoms with Crippen molar-refractivity contribution in [1.29, 1.82) is 0 Å². The van der Waals surface area contributed by atoms with Crippen molar-refractivity contribution in [2.45, 2.75) is 309 Å². The molecule has 0 aliphatic rings. The number of hydrogen-bond donors (Lipinski definition) is 1. The van der Waals surface area contributed by atoms with Crippen LogP contribution in [0.1, 0.15) is 303 Å². The average molecular weight is 1030 g/mol. The van der Waals surface area contributed by atoms with Gasteiger partial charge in [0.2, 0.25) is 0 Å². The Kier molecular flexibility index (Phi) is 52.2. The van der Waals surface area contributed by atoms with Crippen molar-refractivity contribution in [2.24, 2.45) is 0 Å². The Bertz CT molecular complexity index is 1250. The summed E-state index contributed by atoms with van der Waals surface area (Å²) in [5, 5.41) is 0. The van der Waals surface area contributed by atoms with Gasteiger partial charge in [0, 0.05) is 12.8 Å². The molecule has 0 aliphatic carbocycles. The van der Waals surface area contributed by atoms with Gasteiger partial charge in [0.25, 0.3) is 0 Å². The highest BCUT2D eigenvalue weighted by Gasteiger charge is 2.27. The van der Waals surface area contributed by atoms with Crippen LogP contribution in [0.4, 0.5) is 0 Å². The van der Waals surface area contributed by atoms with E-state index in [4.69, 9.17) is 18.5 Å². The van der Waals surface area contributed by atoms with E-state index in [-0.39, 0.29) is 25.6 Å². The van der Waals surface area contributed by atoms with Crippen molar-refractivity contribution < 1.29 is 42.1 Å². The van der Waals surface area contributed by atoms with E-state index in [2.05, 4.69) is 38.2 Å². The molecule has 0 aromatic rings. The third-order valence-electron chi connectivity index (χ3n) is 13.7. The highest BCUT2D eigenvalue weighted by Crippen LogP contribution is 2.43. The van der Waals surface area contributed by atoms with Gasteiger partial charge in [-0.25, -0.2) is 4.57 Å². The third kappa shape index (κ3) is 57.6. The van der Waals surface area contributed by atoms with Gasteiger partial charge in [-0.05, 0) is 44.9 Å². The summed E-state index contributed by atoms with van der Waals surface area (Å²) in [6, 6.07) is 0. The van der Waals surface area contributed by atoms with Gasteiger partial charge >= 0.3 is 19.8 Å². The van der Waals surface area contributed by atoms with Gasteiger partial charge in [0.05, 0.1) is 27.7 Å². The van der Waals surface area contributed by atoms with Crippen LogP contribution >= 0.6 is 7.82 Å². The van der Waals surface area contributed by atoms with Gasteiger partial charge in [0.1, 0.15) is 19.8 Å². The number of unbranched alkanes of at least 4 members (excludes halogenated alkanes) is 39. The van der Waals surface area contributed by atoms with E-state index in [0.29, 0.717) is 23.9 Å². The molecule has 0 heterocycles. The van der Waals surface area contributed by atoms with Crippen molar-refractivity contribution in [3.63, 3.8) is 0 Å². The molecular weight excluding hydrogens is 906 g/mol. The van der Waals surface area contributed by atoms with E-state index in [0.717, 1.165) is 57.8 Å². The fraction of sp³-hybridized carbons (Fsp3) is 0.902. The topological polar surface area (TPSA) is 108 Å². The van der Waals surface area contributed by atoms with Gasteiger partial charge < -0.3 is 18.9 Å². The normalized spacial score (nSPS) is 13.4. The molecule has 71 heavy (non-hydrogen) atoms. The zero-order valence-corrected chi connectivity index (χ0v) is 48.6. The van der Waals surface area contributed by atoms with Crippen LogP contribution in [0, 0.1) is 0 Å². The van der Waals surface area contributed by atoms with E-state index in [1.54, 1.807) is 0 Å². The minimum absolute atomic E-state index is 0.0311. The molecule has 2 atom stereocenters. The first-order valence-electron chi connectivity index (χ1n) is 30.6. The van der Waals surface area contributed by atoms with Crippen molar-refractivity contribution in [1.82, 2.24) is 0 Å². The number of esters is 2. The lowest BCUT2D eigenvalue weighted by Gasteiger charge is -2.24. The number of allylic oxidation sites excluding steroid dienone is 4. The Labute approximate surface area is 440 Å². The van der Waals surface area contributed by atoms with Crippen molar-refractivity contribution in [3.05, 3.63) is 24.3 Å². The fourth-order valence-corrected chi connectivity index (χ4v) is 9.73. The largest absolute Gasteiger partial charge is 0.472 e. The number of nitrogens with zero attached hydrogens (tertiary/aromatic N) is 1. The summed E-state index contributed by atoms with van der Waals surface area (Å²) in [5.41, 5.74) is 0. The molecule has 420 valence electrons. The summed E-state index contributed by atoms with van der Waals surface area (Å²) >= 11 is 0. The van der Waals surface area contributed by atoms with Crippen molar-refractivity contribution in [2.75, 3.05) is 47.5 Å². The molecule has 2 unspecified atom stereocenters. The van der Waals surface area contributed by atoms with Gasteiger partial charge in [-0.15, -0.1) is 0 Å². The zero-order chi connectivity index (χ0) is 52.0. The van der Waals surface area contributed by atoms with Gasteiger partial charge in [0.15, 0.2) is 6.10 Å². The number of rotatable bonds is 57. The highest BCUT2D eigenvalue weighted by atomic mass is 31.2. The van der Waals surface area contributed by atoms with Gasteiger partial charge in [-0.2, -0.15) is 0 Å². The molecule has 0 aromatic carbocycles. The maximum absolute atomic E-state index is 12.8. The van der Waals surface area contributed by atoms with E-state index in [9.17, 15) is 19.0 Å².